The van der Waals surface area contributed by atoms with E-state index in [1.54, 1.807) is 0 Å². The minimum atomic E-state index is -0.352. The molecule has 0 bridgehead atoms. The molecule has 2 rings (SSSR count). The van der Waals surface area contributed by atoms with Crippen LogP contribution in [0.2, 0.25) is 0 Å². The molecule has 2 fully saturated rings. The average molecular weight is 296 g/mol. The van der Waals surface area contributed by atoms with Gasteiger partial charge in [0.05, 0.1) is 6.54 Å². The number of carbonyl (C=O) groups is 3. The van der Waals surface area contributed by atoms with E-state index in [0.717, 1.165) is 13.1 Å². The monoisotopic (exact) mass is 296 g/mol. The quantitative estimate of drug-likeness (QED) is 0.709. The van der Waals surface area contributed by atoms with Crippen LogP contribution in [0.5, 0.6) is 0 Å². The Labute approximate surface area is 125 Å². The molecule has 2 unspecified atom stereocenters. The summed E-state index contributed by atoms with van der Waals surface area (Å²) in [7, 11) is 4.07. The van der Waals surface area contributed by atoms with Gasteiger partial charge in [-0.2, -0.15) is 0 Å². The number of likely N-dealkylation sites (tertiary alicyclic amines) is 1. The molecular weight excluding hydrogens is 272 g/mol. The molecule has 2 aliphatic rings. The molecule has 0 aromatic rings. The van der Waals surface area contributed by atoms with Gasteiger partial charge in [0, 0.05) is 32.1 Å². The van der Waals surface area contributed by atoms with Gasteiger partial charge in [0.25, 0.3) is 0 Å². The van der Waals surface area contributed by atoms with Gasteiger partial charge in [-0.05, 0) is 26.4 Å². The standard InChI is InChI=1S/C14H24N4O3/c1-10-8-17(9-11(10)16(2)3)12(19)5-4-6-18-13(20)7-15-14(18)21/h10-11H,4-9H2,1-3H3,(H,15,21). The molecule has 7 heteroatoms. The van der Waals surface area contributed by atoms with Gasteiger partial charge in [-0.3, -0.25) is 14.5 Å². The maximum atomic E-state index is 12.2. The summed E-state index contributed by atoms with van der Waals surface area (Å²) in [6, 6.07) is 0.0507. The fourth-order valence-electron chi connectivity index (χ4n) is 3.05. The first-order chi connectivity index (χ1) is 9.90. The molecule has 0 aromatic carbocycles. The molecule has 2 atom stereocenters. The number of likely N-dealkylation sites (N-methyl/N-ethyl adjacent to an activating group) is 1. The lowest BCUT2D eigenvalue weighted by Crippen LogP contribution is -2.36. The summed E-state index contributed by atoms with van der Waals surface area (Å²) >= 11 is 0. The summed E-state index contributed by atoms with van der Waals surface area (Å²) in [6.07, 6.45) is 0.902. The van der Waals surface area contributed by atoms with Crippen molar-refractivity contribution in [3.8, 4) is 0 Å². The van der Waals surface area contributed by atoms with Gasteiger partial charge in [0.15, 0.2) is 0 Å². The molecule has 4 amide bonds. The highest BCUT2D eigenvalue weighted by Crippen LogP contribution is 2.20. The first-order valence-corrected chi connectivity index (χ1v) is 7.42. The van der Waals surface area contributed by atoms with E-state index in [2.05, 4.69) is 17.1 Å². The van der Waals surface area contributed by atoms with E-state index in [-0.39, 0.29) is 24.4 Å². The molecule has 0 aliphatic carbocycles. The van der Waals surface area contributed by atoms with E-state index in [1.165, 1.54) is 4.90 Å². The fraction of sp³-hybridized carbons (Fsp3) is 0.786. The smallest absolute Gasteiger partial charge is 0.324 e. The van der Waals surface area contributed by atoms with Crippen molar-refractivity contribution < 1.29 is 14.4 Å². The topological polar surface area (TPSA) is 73.0 Å². The van der Waals surface area contributed by atoms with Crippen LogP contribution in [0.1, 0.15) is 19.8 Å². The van der Waals surface area contributed by atoms with Crippen LogP contribution in [0, 0.1) is 5.92 Å². The van der Waals surface area contributed by atoms with Crippen LogP contribution >= 0.6 is 0 Å². The van der Waals surface area contributed by atoms with Crippen molar-refractivity contribution in [3.05, 3.63) is 0 Å². The Balaban J connectivity index is 1.75. The molecule has 2 aliphatic heterocycles. The van der Waals surface area contributed by atoms with Crippen molar-refractivity contribution in [3.63, 3.8) is 0 Å². The minimum absolute atomic E-state index is 0.0704. The zero-order chi connectivity index (χ0) is 15.6. The highest BCUT2D eigenvalue weighted by Gasteiger charge is 2.33. The minimum Gasteiger partial charge on any atom is -0.341 e. The largest absolute Gasteiger partial charge is 0.341 e. The molecule has 1 N–H and O–H groups in total. The molecule has 0 radical (unpaired) electrons. The molecule has 2 saturated heterocycles. The van der Waals surface area contributed by atoms with Gasteiger partial charge < -0.3 is 15.1 Å². The Morgan fingerprint density at radius 3 is 2.57 bits per heavy atom. The van der Waals surface area contributed by atoms with Crippen LogP contribution in [0.3, 0.4) is 0 Å². The third-order valence-electron chi connectivity index (χ3n) is 4.30. The first kappa shape index (κ1) is 15.8. The third-order valence-corrected chi connectivity index (χ3v) is 4.30. The molecule has 2 heterocycles. The molecule has 0 spiro atoms. The van der Waals surface area contributed by atoms with Gasteiger partial charge in [0.2, 0.25) is 11.8 Å². The van der Waals surface area contributed by atoms with Crippen LogP contribution in [0.4, 0.5) is 4.79 Å². The summed E-state index contributed by atoms with van der Waals surface area (Å²) in [6.45, 7) is 4.09. The van der Waals surface area contributed by atoms with E-state index in [1.807, 2.05) is 19.0 Å². The Kier molecular flexibility index (Phi) is 4.82. The Bertz CT molecular complexity index is 422. The Hall–Kier alpha value is -1.63. The van der Waals surface area contributed by atoms with Crippen molar-refractivity contribution in [2.24, 2.45) is 5.92 Å². The summed E-state index contributed by atoms with van der Waals surface area (Å²) in [5.74, 6) is 0.364. The molecule has 7 nitrogen and oxygen atoms in total. The number of hydrogen-bond acceptors (Lipinski definition) is 4. The van der Waals surface area contributed by atoms with Gasteiger partial charge in [-0.15, -0.1) is 0 Å². The SMILES string of the molecule is CC1CN(C(=O)CCCN2C(=O)CNC2=O)CC1N(C)C. The first-order valence-electron chi connectivity index (χ1n) is 7.42. The van der Waals surface area contributed by atoms with Crippen LogP contribution in [-0.2, 0) is 9.59 Å². The van der Waals surface area contributed by atoms with Gasteiger partial charge in [-0.1, -0.05) is 6.92 Å². The third kappa shape index (κ3) is 3.53. The van der Waals surface area contributed by atoms with Crippen molar-refractivity contribution in [1.29, 1.82) is 0 Å². The number of urea groups is 1. The number of imide groups is 1. The number of nitrogens with zero attached hydrogens (tertiary/aromatic N) is 3. The van der Waals surface area contributed by atoms with Crippen LogP contribution < -0.4 is 5.32 Å². The van der Waals surface area contributed by atoms with E-state index in [4.69, 9.17) is 0 Å². The number of nitrogens with one attached hydrogen (secondary N) is 1. The lowest BCUT2D eigenvalue weighted by Gasteiger charge is -2.22. The van der Waals surface area contributed by atoms with E-state index >= 15 is 0 Å². The highest BCUT2D eigenvalue weighted by atomic mass is 16.2. The molecule has 0 saturated carbocycles. The summed E-state index contributed by atoms with van der Waals surface area (Å²) < 4.78 is 0. The molecular formula is C14H24N4O3. The van der Waals surface area contributed by atoms with Crippen molar-refractivity contribution in [2.45, 2.75) is 25.8 Å². The average Bonchev–Trinajstić information content (AvgIpc) is 2.95. The predicted octanol–water partition coefficient (Wildman–Crippen LogP) is -0.273. The number of rotatable bonds is 5. The summed E-state index contributed by atoms with van der Waals surface area (Å²) in [5.41, 5.74) is 0. The highest BCUT2D eigenvalue weighted by molar-refractivity contribution is 6.01. The summed E-state index contributed by atoms with van der Waals surface area (Å²) in [4.78, 5) is 40.2. The molecule has 0 aromatic heterocycles. The van der Waals surface area contributed by atoms with Crippen molar-refractivity contribution in [2.75, 3.05) is 40.3 Å². The zero-order valence-corrected chi connectivity index (χ0v) is 13.0. The van der Waals surface area contributed by atoms with Gasteiger partial charge in [0.1, 0.15) is 0 Å². The van der Waals surface area contributed by atoms with Crippen molar-refractivity contribution in [1.82, 2.24) is 20.0 Å². The maximum Gasteiger partial charge on any atom is 0.324 e. The number of carbonyl (C=O) groups excluding carboxylic acids is 3. The number of amides is 4. The van der Waals surface area contributed by atoms with Gasteiger partial charge in [-0.25, -0.2) is 4.79 Å². The lowest BCUT2D eigenvalue weighted by molar-refractivity contribution is -0.131. The van der Waals surface area contributed by atoms with Crippen LogP contribution in [0.25, 0.3) is 0 Å². The second kappa shape index (κ2) is 6.43. The second-order valence-corrected chi connectivity index (χ2v) is 6.11. The molecule has 118 valence electrons. The van der Waals surface area contributed by atoms with E-state index in [0.29, 0.717) is 31.3 Å². The number of hydrogen-bond donors (Lipinski definition) is 1. The second-order valence-electron chi connectivity index (χ2n) is 6.11. The fourth-order valence-corrected chi connectivity index (χ4v) is 3.05. The lowest BCUT2D eigenvalue weighted by atomic mass is 10.1. The Morgan fingerprint density at radius 2 is 2.05 bits per heavy atom. The zero-order valence-electron chi connectivity index (χ0n) is 13.0. The van der Waals surface area contributed by atoms with Gasteiger partial charge >= 0.3 is 6.03 Å². The van der Waals surface area contributed by atoms with E-state index < -0.39 is 0 Å². The van der Waals surface area contributed by atoms with Crippen LogP contribution in [0.15, 0.2) is 0 Å². The predicted molar refractivity (Wildman–Crippen MR) is 77.6 cm³/mol. The summed E-state index contributed by atoms with van der Waals surface area (Å²) in [5, 5.41) is 2.47. The maximum absolute atomic E-state index is 12.2. The Morgan fingerprint density at radius 1 is 1.33 bits per heavy atom. The normalized spacial score (nSPS) is 25.9. The van der Waals surface area contributed by atoms with Crippen molar-refractivity contribution >= 4 is 17.8 Å². The van der Waals surface area contributed by atoms with E-state index in [9.17, 15) is 14.4 Å². The molecule has 21 heavy (non-hydrogen) atoms. The van der Waals surface area contributed by atoms with Crippen LogP contribution in [-0.4, -0.2) is 78.9 Å².